The highest BCUT2D eigenvalue weighted by molar-refractivity contribution is 6.03. The van der Waals surface area contributed by atoms with Gasteiger partial charge in [0, 0.05) is 10.8 Å². The summed E-state index contributed by atoms with van der Waals surface area (Å²) < 4.78 is 5.08. The molecular weight excluding hydrogens is 264 g/mol. The van der Waals surface area contributed by atoms with E-state index in [1.807, 2.05) is 0 Å². The number of carboxylic acids is 1. The Kier molecular flexibility index (Phi) is 3.69. The molecule has 1 aromatic carbocycles. The molecular formula is C13H12N2O5. The van der Waals surface area contributed by atoms with E-state index >= 15 is 0 Å². The minimum atomic E-state index is -1.19. The fourth-order valence-electron chi connectivity index (χ4n) is 1.77. The average Bonchev–Trinajstić information content (AvgIpc) is 2.45. The van der Waals surface area contributed by atoms with Crippen molar-refractivity contribution in [2.45, 2.75) is 0 Å². The number of carbonyl (C=O) groups is 2. The van der Waals surface area contributed by atoms with Crippen molar-refractivity contribution in [3.8, 4) is 11.6 Å². The Morgan fingerprint density at radius 1 is 1.30 bits per heavy atom. The summed E-state index contributed by atoms with van der Waals surface area (Å²) in [4.78, 5) is 26.2. The van der Waals surface area contributed by atoms with Crippen LogP contribution in [0.2, 0.25) is 0 Å². The van der Waals surface area contributed by atoms with Gasteiger partial charge in [-0.25, -0.2) is 4.98 Å². The number of carbonyl (C=O) groups excluding carboxylic acids is 1. The molecule has 0 atom stereocenters. The van der Waals surface area contributed by atoms with Gasteiger partial charge in [0.1, 0.15) is 6.54 Å². The van der Waals surface area contributed by atoms with E-state index in [0.717, 1.165) is 0 Å². The molecule has 0 aliphatic heterocycles. The van der Waals surface area contributed by atoms with Gasteiger partial charge in [0.05, 0.1) is 7.11 Å². The second-order valence-electron chi connectivity index (χ2n) is 3.94. The number of nitrogens with one attached hydrogen (secondary N) is 1. The minimum absolute atomic E-state index is 0.180. The third kappa shape index (κ3) is 2.46. The monoisotopic (exact) mass is 276 g/mol. The van der Waals surface area contributed by atoms with Gasteiger partial charge >= 0.3 is 5.97 Å². The zero-order valence-corrected chi connectivity index (χ0v) is 10.6. The molecule has 0 unspecified atom stereocenters. The van der Waals surface area contributed by atoms with Crippen LogP contribution in [0.1, 0.15) is 10.5 Å². The predicted molar refractivity (Wildman–Crippen MR) is 69.9 cm³/mol. The molecule has 2 aromatic rings. The van der Waals surface area contributed by atoms with Gasteiger partial charge in [-0.05, 0) is 6.07 Å². The summed E-state index contributed by atoms with van der Waals surface area (Å²) in [6.07, 6.45) is 0. The maximum atomic E-state index is 11.8. The van der Waals surface area contributed by atoms with Crippen molar-refractivity contribution in [2.75, 3.05) is 13.7 Å². The molecule has 0 saturated heterocycles. The van der Waals surface area contributed by atoms with Crippen LogP contribution >= 0.6 is 0 Å². The highest BCUT2D eigenvalue weighted by Gasteiger charge is 2.19. The van der Waals surface area contributed by atoms with Crippen LogP contribution < -0.4 is 10.1 Å². The topological polar surface area (TPSA) is 109 Å². The van der Waals surface area contributed by atoms with E-state index in [2.05, 4.69) is 10.3 Å². The Morgan fingerprint density at radius 3 is 2.55 bits per heavy atom. The number of nitrogens with zero attached hydrogens (tertiary/aromatic N) is 1. The van der Waals surface area contributed by atoms with Crippen molar-refractivity contribution in [1.82, 2.24) is 10.3 Å². The molecule has 0 radical (unpaired) electrons. The fraction of sp³-hybridized carbons (Fsp3) is 0.154. The molecule has 7 heteroatoms. The van der Waals surface area contributed by atoms with Gasteiger partial charge in [-0.15, -0.1) is 0 Å². The summed E-state index contributed by atoms with van der Waals surface area (Å²) in [5.74, 6) is -2.11. The maximum absolute atomic E-state index is 11.8. The Morgan fingerprint density at radius 2 is 1.95 bits per heavy atom. The van der Waals surface area contributed by atoms with Gasteiger partial charge in [0.15, 0.2) is 11.4 Å². The molecule has 0 fully saturated rings. The first-order valence-electron chi connectivity index (χ1n) is 5.70. The molecule has 0 aliphatic rings. The molecule has 104 valence electrons. The van der Waals surface area contributed by atoms with E-state index in [1.54, 1.807) is 24.3 Å². The summed E-state index contributed by atoms with van der Waals surface area (Å²) in [6, 6.07) is 6.75. The number of hydrogen-bond acceptors (Lipinski definition) is 5. The van der Waals surface area contributed by atoms with Crippen molar-refractivity contribution in [3.63, 3.8) is 0 Å². The van der Waals surface area contributed by atoms with Crippen LogP contribution in [0.15, 0.2) is 24.3 Å². The summed E-state index contributed by atoms with van der Waals surface area (Å²) in [5, 5.41) is 21.7. The third-order valence-electron chi connectivity index (χ3n) is 2.66. The Bertz CT molecular complexity index is 684. The Labute approximate surface area is 113 Å². The standard InChI is InChI=1S/C13H12N2O5/c1-20-13-8-5-3-2-4-7(8)11(18)10(15-13)12(19)14-6-9(16)17/h2-5,18H,6H2,1H3,(H,14,19)(H,16,17). The summed E-state index contributed by atoms with van der Waals surface area (Å²) in [5.41, 5.74) is -0.276. The molecule has 0 aliphatic carbocycles. The molecule has 2 rings (SSSR count). The molecule has 20 heavy (non-hydrogen) atoms. The van der Waals surface area contributed by atoms with E-state index in [-0.39, 0.29) is 17.3 Å². The van der Waals surface area contributed by atoms with Crippen molar-refractivity contribution >= 4 is 22.6 Å². The van der Waals surface area contributed by atoms with Crippen molar-refractivity contribution in [3.05, 3.63) is 30.0 Å². The van der Waals surface area contributed by atoms with Gasteiger partial charge in [0.25, 0.3) is 5.91 Å². The lowest BCUT2D eigenvalue weighted by molar-refractivity contribution is -0.135. The van der Waals surface area contributed by atoms with Crippen LogP contribution in [0.5, 0.6) is 11.6 Å². The van der Waals surface area contributed by atoms with Crippen LogP contribution in [0, 0.1) is 0 Å². The number of rotatable bonds is 4. The van der Waals surface area contributed by atoms with Crippen LogP contribution in [0.25, 0.3) is 10.8 Å². The summed E-state index contributed by atoms with van der Waals surface area (Å²) >= 11 is 0. The lowest BCUT2D eigenvalue weighted by atomic mass is 10.1. The molecule has 7 nitrogen and oxygen atoms in total. The van der Waals surface area contributed by atoms with E-state index in [4.69, 9.17) is 9.84 Å². The SMILES string of the molecule is COc1nc(C(=O)NCC(=O)O)c(O)c2ccccc12. The molecule has 1 heterocycles. The molecule has 0 saturated carbocycles. The first-order chi connectivity index (χ1) is 9.54. The number of carboxylic acid groups (broad SMARTS) is 1. The zero-order valence-electron chi connectivity index (χ0n) is 10.6. The minimum Gasteiger partial charge on any atom is -0.505 e. The van der Waals surface area contributed by atoms with Gasteiger partial charge in [-0.3, -0.25) is 9.59 Å². The van der Waals surface area contributed by atoms with E-state index < -0.39 is 18.4 Å². The maximum Gasteiger partial charge on any atom is 0.322 e. The zero-order chi connectivity index (χ0) is 14.7. The number of aromatic hydroxyl groups is 1. The quantitative estimate of drug-likeness (QED) is 0.760. The van der Waals surface area contributed by atoms with Crippen LogP contribution in [-0.4, -0.2) is 40.7 Å². The molecule has 1 aromatic heterocycles. The first-order valence-corrected chi connectivity index (χ1v) is 5.70. The fourth-order valence-corrected chi connectivity index (χ4v) is 1.77. The van der Waals surface area contributed by atoms with Crippen molar-refractivity contribution in [2.24, 2.45) is 0 Å². The summed E-state index contributed by atoms with van der Waals surface area (Å²) in [6.45, 7) is -0.560. The number of pyridine rings is 1. The van der Waals surface area contributed by atoms with Gasteiger partial charge in [0.2, 0.25) is 5.88 Å². The van der Waals surface area contributed by atoms with Crippen LogP contribution in [0.4, 0.5) is 0 Å². The summed E-state index contributed by atoms with van der Waals surface area (Å²) in [7, 11) is 1.39. The Hall–Kier alpha value is -2.83. The lowest BCUT2D eigenvalue weighted by Crippen LogP contribution is -2.30. The smallest absolute Gasteiger partial charge is 0.322 e. The molecule has 0 spiro atoms. The van der Waals surface area contributed by atoms with E-state index in [9.17, 15) is 14.7 Å². The number of hydrogen-bond donors (Lipinski definition) is 3. The van der Waals surface area contributed by atoms with Crippen LogP contribution in [-0.2, 0) is 4.79 Å². The van der Waals surface area contributed by atoms with Gasteiger partial charge in [-0.1, -0.05) is 18.2 Å². The third-order valence-corrected chi connectivity index (χ3v) is 2.66. The van der Waals surface area contributed by atoms with Crippen molar-refractivity contribution < 1.29 is 24.5 Å². The number of methoxy groups -OCH3 is 1. The molecule has 1 amide bonds. The second kappa shape index (κ2) is 5.43. The largest absolute Gasteiger partial charge is 0.505 e. The van der Waals surface area contributed by atoms with Gasteiger partial charge < -0.3 is 20.3 Å². The first kappa shape index (κ1) is 13.6. The average molecular weight is 276 g/mol. The predicted octanol–water partition coefficient (Wildman–Crippen LogP) is 0.763. The van der Waals surface area contributed by atoms with E-state index in [1.165, 1.54) is 7.11 Å². The second-order valence-corrected chi connectivity index (χ2v) is 3.94. The number of aliphatic carboxylic acids is 1. The highest BCUT2D eigenvalue weighted by atomic mass is 16.5. The highest BCUT2D eigenvalue weighted by Crippen LogP contribution is 2.32. The molecule has 3 N–H and O–H groups in total. The number of amides is 1. The molecule has 0 bridgehead atoms. The van der Waals surface area contributed by atoms with E-state index in [0.29, 0.717) is 10.8 Å². The number of aromatic nitrogens is 1. The normalized spacial score (nSPS) is 10.2. The number of ether oxygens (including phenoxy) is 1. The van der Waals surface area contributed by atoms with Crippen LogP contribution in [0.3, 0.4) is 0 Å². The number of fused-ring (bicyclic) bond motifs is 1. The van der Waals surface area contributed by atoms with Gasteiger partial charge in [-0.2, -0.15) is 0 Å². The Balaban J connectivity index is 2.51. The number of benzene rings is 1. The van der Waals surface area contributed by atoms with Crippen molar-refractivity contribution in [1.29, 1.82) is 0 Å². The lowest BCUT2D eigenvalue weighted by Gasteiger charge is -2.10.